The Labute approximate surface area is 171 Å². The van der Waals surface area contributed by atoms with Crippen molar-refractivity contribution in [3.05, 3.63) is 100 Å². The van der Waals surface area contributed by atoms with E-state index in [1.807, 2.05) is 12.1 Å². The third-order valence-corrected chi connectivity index (χ3v) is 4.50. The summed E-state index contributed by atoms with van der Waals surface area (Å²) >= 11 is 3.34. The summed E-state index contributed by atoms with van der Waals surface area (Å²) in [6.45, 7) is 0. The average molecular weight is 437 g/mol. The first kappa shape index (κ1) is 19.6. The zero-order chi connectivity index (χ0) is 19.9. The number of benzene rings is 3. The second-order valence-electron chi connectivity index (χ2n) is 5.86. The summed E-state index contributed by atoms with van der Waals surface area (Å²) in [5, 5.41) is 0. The van der Waals surface area contributed by atoms with Crippen molar-refractivity contribution in [2.75, 3.05) is 7.11 Å². The topological polar surface area (TPSA) is 52.6 Å². The summed E-state index contributed by atoms with van der Waals surface area (Å²) in [4.78, 5) is 24.5. The minimum Gasteiger partial charge on any atom is -0.496 e. The van der Waals surface area contributed by atoms with Crippen LogP contribution in [0, 0.1) is 0 Å². The second kappa shape index (κ2) is 9.15. The lowest BCUT2D eigenvalue weighted by atomic mass is 10.1. The van der Waals surface area contributed by atoms with Crippen LogP contribution in [0.25, 0.3) is 6.08 Å². The van der Waals surface area contributed by atoms with Crippen LogP contribution in [0.2, 0.25) is 0 Å². The molecule has 0 amide bonds. The van der Waals surface area contributed by atoms with Crippen LogP contribution in [0.15, 0.2) is 83.3 Å². The highest BCUT2D eigenvalue weighted by molar-refractivity contribution is 9.10. The summed E-state index contributed by atoms with van der Waals surface area (Å²) in [5.41, 5.74) is 1.79. The number of rotatable bonds is 6. The highest BCUT2D eigenvalue weighted by Gasteiger charge is 2.13. The SMILES string of the molecule is COc1ccccc1C(=O)Oc1ccc(C=CC(=O)c2ccc(Br)cc2)cc1. The first-order valence-corrected chi connectivity index (χ1v) is 9.29. The molecular formula is C23H17BrO4. The van der Waals surface area contributed by atoms with Crippen LogP contribution < -0.4 is 9.47 Å². The Balaban J connectivity index is 1.65. The van der Waals surface area contributed by atoms with E-state index in [0.717, 1.165) is 10.0 Å². The first-order valence-electron chi connectivity index (χ1n) is 8.50. The van der Waals surface area contributed by atoms with E-state index >= 15 is 0 Å². The smallest absolute Gasteiger partial charge is 0.347 e. The van der Waals surface area contributed by atoms with Crippen LogP contribution in [0.4, 0.5) is 0 Å². The van der Waals surface area contributed by atoms with Gasteiger partial charge in [0.15, 0.2) is 5.78 Å². The largest absolute Gasteiger partial charge is 0.496 e. The Hall–Kier alpha value is -3.18. The van der Waals surface area contributed by atoms with Crippen molar-refractivity contribution in [3.63, 3.8) is 0 Å². The number of methoxy groups -OCH3 is 1. The Morgan fingerprint density at radius 1 is 0.893 bits per heavy atom. The highest BCUT2D eigenvalue weighted by Crippen LogP contribution is 2.21. The lowest BCUT2D eigenvalue weighted by Gasteiger charge is -2.08. The molecule has 0 aromatic heterocycles. The van der Waals surface area contributed by atoms with Crippen molar-refractivity contribution in [1.82, 2.24) is 0 Å². The molecule has 3 rings (SSSR count). The van der Waals surface area contributed by atoms with Gasteiger partial charge in [0.2, 0.25) is 0 Å². The van der Waals surface area contributed by atoms with Crippen LogP contribution in [0.3, 0.4) is 0 Å². The number of hydrogen-bond acceptors (Lipinski definition) is 4. The number of carbonyl (C=O) groups is 2. The lowest BCUT2D eigenvalue weighted by Crippen LogP contribution is -2.09. The number of ether oxygens (including phenoxy) is 2. The number of halogens is 1. The average Bonchev–Trinajstić information content (AvgIpc) is 2.73. The molecular weight excluding hydrogens is 420 g/mol. The molecule has 0 aliphatic heterocycles. The van der Waals surface area contributed by atoms with Gasteiger partial charge in [-0.15, -0.1) is 0 Å². The predicted octanol–water partition coefficient (Wildman–Crippen LogP) is 5.57. The van der Waals surface area contributed by atoms with Crippen molar-refractivity contribution >= 4 is 33.8 Å². The lowest BCUT2D eigenvalue weighted by molar-refractivity contribution is 0.0731. The maximum absolute atomic E-state index is 12.3. The molecule has 0 saturated carbocycles. The van der Waals surface area contributed by atoms with E-state index in [9.17, 15) is 9.59 Å². The molecule has 4 nitrogen and oxygen atoms in total. The molecule has 0 N–H and O–H groups in total. The molecule has 0 radical (unpaired) electrons. The zero-order valence-electron chi connectivity index (χ0n) is 15.1. The molecule has 0 aliphatic carbocycles. The standard InChI is InChI=1S/C23H17BrO4/c1-27-22-5-3-2-4-20(22)23(26)28-19-13-6-16(7-14-19)8-15-21(25)17-9-11-18(24)12-10-17/h2-15H,1H3. The van der Waals surface area contributed by atoms with Gasteiger partial charge in [-0.05, 0) is 60.2 Å². The fourth-order valence-corrected chi connectivity index (χ4v) is 2.77. The fraction of sp³-hybridized carbons (Fsp3) is 0.0435. The molecule has 5 heteroatoms. The van der Waals surface area contributed by atoms with Crippen molar-refractivity contribution in [2.24, 2.45) is 0 Å². The molecule has 3 aromatic carbocycles. The minimum atomic E-state index is -0.494. The molecule has 0 unspecified atom stereocenters. The van der Waals surface area contributed by atoms with E-state index in [1.54, 1.807) is 66.7 Å². The molecule has 0 bridgehead atoms. The van der Waals surface area contributed by atoms with Crippen molar-refractivity contribution in [3.8, 4) is 11.5 Å². The van der Waals surface area contributed by atoms with Crippen molar-refractivity contribution in [1.29, 1.82) is 0 Å². The fourth-order valence-electron chi connectivity index (χ4n) is 2.50. The number of carbonyl (C=O) groups excluding carboxylic acids is 2. The Morgan fingerprint density at radius 2 is 1.57 bits per heavy atom. The van der Waals surface area contributed by atoms with Gasteiger partial charge in [-0.2, -0.15) is 0 Å². The number of allylic oxidation sites excluding steroid dienone is 1. The molecule has 0 fully saturated rings. The third kappa shape index (κ3) is 4.96. The Kier molecular flexibility index (Phi) is 6.40. The van der Waals surface area contributed by atoms with Gasteiger partial charge in [-0.3, -0.25) is 4.79 Å². The van der Waals surface area contributed by atoms with Crippen LogP contribution in [-0.4, -0.2) is 18.9 Å². The molecule has 3 aromatic rings. The molecule has 0 spiro atoms. The van der Waals surface area contributed by atoms with E-state index in [2.05, 4.69) is 15.9 Å². The summed E-state index contributed by atoms with van der Waals surface area (Å²) in [6.07, 6.45) is 3.23. The maximum Gasteiger partial charge on any atom is 0.347 e. The monoisotopic (exact) mass is 436 g/mol. The first-order chi connectivity index (χ1) is 13.6. The second-order valence-corrected chi connectivity index (χ2v) is 6.78. The van der Waals surface area contributed by atoms with Crippen LogP contribution >= 0.6 is 15.9 Å². The van der Waals surface area contributed by atoms with Crippen LogP contribution in [0.5, 0.6) is 11.5 Å². The van der Waals surface area contributed by atoms with Gasteiger partial charge in [-0.25, -0.2) is 4.79 Å². The molecule has 0 aliphatic rings. The normalized spacial score (nSPS) is 10.6. The van der Waals surface area contributed by atoms with E-state index < -0.39 is 5.97 Å². The summed E-state index contributed by atoms with van der Waals surface area (Å²) in [6, 6.07) is 21.0. The van der Waals surface area contributed by atoms with E-state index in [1.165, 1.54) is 13.2 Å². The molecule has 0 heterocycles. The van der Waals surface area contributed by atoms with Gasteiger partial charge < -0.3 is 9.47 Å². The van der Waals surface area contributed by atoms with Crippen molar-refractivity contribution in [2.45, 2.75) is 0 Å². The van der Waals surface area contributed by atoms with E-state index in [0.29, 0.717) is 22.6 Å². The molecule has 0 saturated heterocycles. The number of ketones is 1. The van der Waals surface area contributed by atoms with Gasteiger partial charge in [0, 0.05) is 10.0 Å². The van der Waals surface area contributed by atoms with Gasteiger partial charge in [-0.1, -0.05) is 46.3 Å². The Morgan fingerprint density at radius 3 is 2.25 bits per heavy atom. The van der Waals surface area contributed by atoms with E-state index in [-0.39, 0.29) is 5.78 Å². The zero-order valence-corrected chi connectivity index (χ0v) is 16.7. The highest BCUT2D eigenvalue weighted by atomic mass is 79.9. The molecule has 28 heavy (non-hydrogen) atoms. The number of esters is 1. The van der Waals surface area contributed by atoms with Crippen LogP contribution in [-0.2, 0) is 0 Å². The van der Waals surface area contributed by atoms with Gasteiger partial charge in [0.25, 0.3) is 0 Å². The van der Waals surface area contributed by atoms with Gasteiger partial charge >= 0.3 is 5.97 Å². The van der Waals surface area contributed by atoms with Crippen LogP contribution in [0.1, 0.15) is 26.3 Å². The number of hydrogen-bond donors (Lipinski definition) is 0. The maximum atomic E-state index is 12.3. The number of para-hydroxylation sites is 1. The summed E-state index contributed by atoms with van der Waals surface area (Å²) < 4.78 is 11.5. The Bertz CT molecular complexity index is 1010. The minimum absolute atomic E-state index is 0.0841. The van der Waals surface area contributed by atoms with Crippen molar-refractivity contribution < 1.29 is 19.1 Å². The predicted molar refractivity (Wildman–Crippen MR) is 112 cm³/mol. The third-order valence-electron chi connectivity index (χ3n) is 3.97. The van der Waals surface area contributed by atoms with Gasteiger partial charge in [0.1, 0.15) is 17.1 Å². The molecule has 0 atom stereocenters. The molecule has 140 valence electrons. The van der Waals surface area contributed by atoms with Gasteiger partial charge in [0.05, 0.1) is 7.11 Å². The summed E-state index contributed by atoms with van der Waals surface area (Å²) in [7, 11) is 1.50. The quantitative estimate of drug-likeness (QED) is 0.219. The summed E-state index contributed by atoms with van der Waals surface area (Å²) in [5.74, 6) is 0.288. The van der Waals surface area contributed by atoms with E-state index in [4.69, 9.17) is 9.47 Å².